The van der Waals surface area contributed by atoms with Gasteiger partial charge in [0.25, 0.3) is 10.0 Å². The van der Waals surface area contributed by atoms with Gasteiger partial charge in [-0.1, -0.05) is 47.1 Å². The number of ether oxygens (including phenoxy) is 1. The molecular formula is C33H48N2O5S. The largest absolute Gasteiger partial charge is 0.469 e. The van der Waals surface area contributed by atoms with Gasteiger partial charge >= 0.3 is 5.97 Å². The van der Waals surface area contributed by atoms with Gasteiger partial charge in [0.1, 0.15) is 0 Å². The van der Waals surface area contributed by atoms with E-state index in [9.17, 15) is 18.0 Å². The number of allylic oxidation sites excluding steroid dienone is 2. The molecule has 0 amide bonds. The number of hydrogen-bond acceptors (Lipinski definition) is 6. The average Bonchev–Trinajstić information content (AvgIpc) is 3.31. The molecule has 0 aromatic carbocycles. The number of fused-ring (bicyclic) bond motifs is 8. The highest BCUT2D eigenvalue weighted by atomic mass is 32.2. The Bertz CT molecular complexity index is 1490. The van der Waals surface area contributed by atoms with Gasteiger partial charge < -0.3 is 4.74 Å². The van der Waals surface area contributed by atoms with Gasteiger partial charge in [0.2, 0.25) is 0 Å². The predicted molar refractivity (Wildman–Crippen MR) is 158 cm³/mol. The summed E-state index contributed by atoms with van der Waals surface area (Å²) in [5, 5.41) is 4.60. The molecule has 5 aliphatic carbocycles. The maximum absolute atomic E-state index is 14.6. The van der Waals surface area contributed by atoms with Crippen molar-refractivity contribution in [3.05, 3.63) is 29.1 Å². The lowest BCUT2D eigenvalue weighted by Gasteiger charge is -2.69. The van der Waals surface area contributed by atoms with Crippen LogP contribution in [0.15, 0.2) is 17.8 Å². The number of esters is 1. The van der Waals surface area contributed by atoms with E-state index in [2.05, 4.69) is 46.6 Å². The van der Waals surface area contributed by atoms with E-state index < -0.39 is 15.4 Å². The second-order valence-corrected chi connectivity index (χ2v) is 18.1. The van der Waals surface area contributed by atoms with Crippen molar-refractivity contribution in [2.75, 3.05) is 13.4 Å². The third-order valence-electron chi connectivity index (χ3n) is 13.7. The van der Waals surface area contributed by atoms with Crippen molar-refractivity contribution in [1.82, 2.24) is 9.19 Å². The molecule has 0 N–H and O–H groups in total. The fourth-order valence-corrected chi connectivity index (χ4v) is 11.8. The van der Waals surface area contributed by atoms with E-state index in [1.54, 1.807) is 6.20 Å². The van der Waals surface area contributed by atoms with Crippen LogP contribution in [0.4, 0.5) is 0 Å². The maximum Gasteiger partial charge on any atom is 0.311 e. The summed E-state index contributed by atoms with van der Waals surface area (Å²) in [4.78, 5) is 27.6. The fourth-order valence-electron chi connectivity index (χ4n) is 11.2. The van der Waals surface area contributed by atoms with Crippen LogP contribution < -0.4 is 0 Å². The number of carbonyl (C=O) groups is 2. The molecule has 2 unspecified atom stereocenters. The van der Waals surface area contributed by atoms with E-state index in [-0.39, 0.29) is 56.6 Å². The van der Waals surface area contributed by atoms with Crippen molar-refractivity contribution >= 4 is 21.8 Å². The molecule has 0 radical (unpaired) electrons. The first kappa shape index (κ1) is 29.1. The number of carbonyl (C=O) groups excluding carboxylic acids is 2. The van der Waals surface area contributed by atoms with Gasteiger partial charge in [-0.2, -0.15) is 9.19 Å². The van der Waals surface area contributed by atoms with Gasteiger partial charge in [-0.15, -0.1) is 0 Å². The monoisotopic (exact) mass is 584 g/mol. The highest BCUT2D eigenvalue weighted by Gasteiger charge is 2.70. The molecule has 41 heavy (non-hydrogen) atoms. The summed E-state index contributed by atoms with van der Waals surface area (Å²) in [5.41, 5.74) is 1.54. The zero-order valence-corrected chi connectivity index (χ0v) is 27.2. The molecule has 5 aliphatic rings. The number of hydrogen-bond donors (Lipinski definition) is 0. The highest BCUT2D eigenvalue weighted by Crippen LogP contribution is 2.74. The van der Waals surface area contributed by atoms with E-state index in [1.165, 1.54) is 18.9 Å². The summed E-state index contributed by atoms with van der Waals surface area (Å²) >= 11 is 0. The molecule has 0 spiro atoms. The van der Waals surface area contributed by atoms with E-state index in [4.69, 9.17) is 4.74 Å². The Morgan fingerprint density at radius 2 is 1.68 bits per heavy atom. The minimum atomic E-state index is -3.51. The Hall–Kier alpha value is -1.96. The molecule has 1 aromatic heterocycles. The fraction of sp³-hybridized carbons (Fsp3) is 0.788. The van der Waals surface area contributed by atoms with E-state index >= 15 is 0 Å². The van der Waals surface area contributed by atoms with Crippen LogP contribution in [0.3, 0.4) is 0 Å². The number of nitrogens with zero attached hydrogens (tertiary/aromatic N) is 2. The number of rotatable bonds is 2. The van der Waals surface area contributed by atoms with E-state index in [0.717, 1.165) is 60.3 Å². The normalized spacial score (nSPS) is 44.9. The van der Waals surface area contributed by atoms with Crippen LogP contribution in [0.5, 0.6) is 0 Å². The quantitative estimate of drug-likeness (QED) is 0.404. The number of ketones is 1. The Morgan fingerprint density at radius 3 is 2.32 bits per heavy atom. The van der Waals surface area contributed by atoms with Gasteiger partial charge in [-0.05, 0) is 103 Å². The smallest absolute Gasteiger partial charge is 0.311 e. The number of aromatic nitrogens is 2. The van der Waals surface area contributed by atoms with E-state index in [0.29, 0.717) is 6.42 Å². The Kier molecular flexibility index (Phi) is 5.93. The molecule has 1 heterocycles. The van der Waals surface area contributed by atoms with E-state index in [1.807, 2.05) is 13.0 Å². The summed E-state index contributed by atoms with van der Waals surface area (Å²) in [7, 11) is -2.03. The van der Waals surface area contributed by atoms with Gasteiger partial charge in [0, 0.05) is 17.5 Å². The lowest BCUT2D eigenvalue weighted by molar-refractivity contribution is -0.174. The molecule has 0 aliphatic heterocycles. The Morgan fingerprint density at radius 1 is 1.02 bits per heavy atom. The molecule has 7 nitrogen and oxygen atoms in total. The van der Waals surface area contributed by atoms with Gasteiger partial charge in [-0.3, -0.25) is 9.59 Å². The van der Waals surface area contributed by atoms with Crippen LogP contribution >= 0.6 is 0 Å². The molecule has 8 heteroatoms. The Balaban J connectivity index is 1.47. The average molecular weight is 585 g/mol. The van der Waals surface area contributed by atoms with Crippen molar-refractivity contribution in [3.63, 3.8) is 0 Å². The van der Waals surface area contributed by atoms with Crippen LogP contribution in [0.25, 0.3) is 0 Å². The standard InChI is InChI=1S/C33H48N2O5S/c1-28(2)24-10-11-33(7)25(31(24,5)17-20-19-35(34-26(20)28)41(9,38)39)23(36)16-21-22-18-30(4,27(37)40-8)13-12-29(22,3)14-15-32(21,33)6/h16,19,22,24-25H,10-15,17-18H2,1-9H3/t22-,24?,25?,29+,30+,31-,32+,33+/m0/s1. The van der Waals surface area contributed by atoms with Gasteiger partial charge in [-0.25, -0.2) is 8.42 Å². The highest BCUT2D eigenvalue weighted by molar-refractivity contribution is 7.89. The minimum Gasteiger partial charge on any atom is -0.469 e. The Labute approximate surface area is 245 Å². The predicted octanol–water partition coefficient (Wildman–Crippen LogP) is 5.86. The SMILES string of the molecule is COC(=O)[C@]1(C)CC[C@]2(C)CC[C@]3(C)C(=CC(=O)C4[C@@]5(C)Cc6cn(S(C)(=O)=O)nc6C(C)(C)C5CC[C@]43C)[C@@H]2C1. The van der Waals surface area contributed by atoms with Crippen molar-refractivity contribution in [2.24, 2.45) is 44.8 Å². The van der Waals surface area contributed by atoms with Crippen molar-refractivity contribution in [2.45, 2.75) is 105 Å². The van der Waals surface area contributed by atoms with Gasteiger partial charge in [0.15, 0.2) is 5.78 Å². The van der Waals surface area contributed by atoms with Crippen molar-refractivity contribution < 1.29 is 22.7 Å². The van der Waals surface area contributed by atoms with Crippen molar-refractivity contribution in [1.29, 1.82) is 0 Å². The maximum atomic E-state index is 14.6. The zero-order chi connectivity index (χ0) is 30.2. The van der Waals surface area contributed by atoms with Crippen LogP contribution in [-0.2, 0) is 36.2 Å². The summed E-state index contributed by atoms with van der Waals surface area (Å²) in [6.07, 6.45) is 12.1. The summed E-state index contributed by atoms with van der Waals surface area (Å²) < 4.78 is 31.3. The first-order valence-electron chi connectivity index (χ1n) is 15.4. The summed E-state index contributed by atoms with van der Waals surface area (Å²) in [6, 6.07) is 0. The molecular weight excluding hydrogens is 536 g/mol. The summed E-state index contributed by atoms with van der Waals surface area (Å²) in [6.45, 7) is 15.9. The molecule has 8 atom stereocenters. The summed E-state index contributed by atoms with van der Waals surface area (Å²) in [5.74, 6) is 0.292. The zero-order valence-electron chi connectivity index (χ0n) is 26.4. The molecule has 6 rings (SSSR count). The topological polar surface area (TPSA) is 95.3 Å². The second kappa shape index (κ2) is 8.35. The lowest BCUT2D eigenvalue weighted by Crippen LogP contribution is -2.66. The first-order chi connectivity index (χ1) is 18.8. The molecule has 3 fully saturated rings. The molecule has 0 bridgehead atoms. The second-order valence-electron chi connectivity index (χ2n) is 16.3. The first-order valence-corrected chi connectivity index (χ1v) is 17.3. The lowest BCUT2D eigenvalue weighted by atomic mass is 9.33. The third kappa shape index (κ3) is 3.61. The number of methoxy groups -OCH3 is 1. The van der Waals surface area contributed by atoms with Crippen LogP contribution in [0.2, 0.25) is 0 Å². The van der Waals surface area contributed by atoms with Crippen LogP contribution in [0.1, 0.15) is 105 Å². The third-order valence-corrected chi connectivity index (χ3v) is 14.5. The molecule has 3 saturated carbocycles. The molecule has 226 valence electrons. The van der Waals surface area contributed by atoms with Crippen LogP contribution in [0, 0.1) is 44.8 Å². The van der Waals surface area contributed by atoms with Crippen molar-refractivity contribution in [3.8, 4) is 0 Å². The van der Waals surface area contributed by atoms with Gasteiger partial charge in [0.05, 0.1) is 24.5 Å². The van der Waals surface area contributed by atoms with Crippen LogP contribution in [-0.4, -0.2) is 42.7 Å². The molecule has 0 saturated heterocycles. The molecule has 1 aromatic rings. The minimum absolute atomic E-state index is 0.0748.